The van der Waals surface area contributed by atoms with E-state index in [1.807, 2.05) is 36.4 Å². The molecular formula is C18H13N5O2S. The van der Waals surface area contributed by atoms with Gasteiger partial charge in [0.05, 0.1) is 10.9 Å². The van der Waals surface area contributed by atoms with Crippen LogP contribution in [0.4, 0.5) is 5.13 Å². The van der Waals surface area contributed by atoms with Crippen molar-refractivity contribution < 1.29 is 9.32 Å². The molecule has 0 aliphatic heterocycles. The van der Waals surface area contributed by atoms with Crippen LogP contribution in [0, 0.1) is 0 Å². The van der Waals surface area contributed by atoms with Gasteiger partial charge in [-0.1, -0.05) is 46.8 Å². The van der Waals surface area contributed by atoms with Crippen LogP contribution in [0.3, 0.4) is 0 Å². The van der Waals surface area contributed by atoms with Crippen molar-refractivity contribution in [1.29, 1.82) is 0 Å². The number of hydrogen-bond donors (Lipinski definition) is 1. The van der Waals surface area contributed by atoms with Gasteiger partial charge in [0, 0.05) is 17.2 Å². The lowest BCUT2D eigenvalue weighted by atomic mass is 10.0. The fraction of sp³-hybridized carbons (Fsp3) is 0.167. The fourth-order valence-corrected chi connectivity index (χ4v) is 3.36. The standard InChI is InChI=1S/C18H13N5O2S/c24-16(21-18-22-19-9-26-18)12-8-13(10-6-7-10)20-17-14(12)15(23-25-17)11-4-2-1-3-5-11/h1-5,8-10H,6-7H2,(H,21,22,24). The molecule has 0 radical (unpaired) electrons. The Hall–Kier alpha value is -3.13. The summed E-state index contributed by atoms with van der Waals surface area (Å²) in [6, 6.07) is 11.5. The summed E-state index contributed by atoms with van der Waals surface area (Å²) in [4.78, 5) is 17.5. The molecular weight excluding hydrogens is 350 g/mol. The SMILES string of the molecule is O=C(Nc1nncs1)c1cc(C2CC2)nc2onc(-c3ccccc3)c12. The number of carbonyl (C=O) groups excluding carboxylic acids is 1. The lowest BCUT2D eigenvalue weighted by molar-refractivity contribution is 0.102. The third-order valence-corrected chi connectivity index (χ3v) is 4.94. The summed E-state index contributed by atoms with van der Waals surface area (Å²) in [6.07, 6.45) is 2.16. The second kappa shape index (κ2) is 5.99. The molecule has 5 rings (SSSR count). The maximum atomic E-state index is 12.9. The molecule has 3 heterocycles. The van der Waals surface area contributed by atoms with Crippen molar-refractivity contribution >= 4 is 33.5 Å². The zero-order chi connectivity index (χ0) is 17.5. The van der Waals surface area contributed by atoms with Gasteiger partial charge in [0.2, 0.25) is 5.13 Å². The number of carbonyl (C=O) groups is 1. The van der Waals surface area contributed by atoms with Crippen LogP contribution in [0.25, 0.3) is 22.4 Å². The van der Waals surface area contributed by atoms with Crippen LogP contribution >= 0.6 is 11.3 Å². The normalized spacial score (nSPS) is 13.8. The van der Waals surface area contributed by atoms with E-state index in [0.29, 0.717) is 33.4 Å². The number of anilines is 1. The Morgan fingerprint density at radius 1 is 1.23 bits per heavy atom. The van der Waals surface area contributed by atoms with Crippen LogP contribution in [-0.4, -0.2) is 26.2 Å². The van der Waals surface area contributed by atoms with E-state index in [-0.39, 0.29) is 5.91 Å². The van der Waals surface area contributed by atoms with E-state index in [1.54, 1.807) is 5.51 Å². The Bertz CT molecular complexity index is 1090. The molecule has 1 saturated carbocycles. The molecule has 128 valence electrons. The van der Waals surface area contributed by atoms with E-state index in [0.717, 1.165) is 24.1 Å². The first-order chi connectivity index (χ1) is 12.8. The minimum absolute atomic E-state index is 0.267. The van der Waals surface area contributed by atoms with Crippen molar-refractivity contribution in [3.05, 3.63) is 53.2 Å². The number of pyridine rings is 1. The quantitative estimate of drug-likeness (QED) is 0.591. The Balaban J connectivity index is 1.68. The Morgan fingerprint density at radius 2 is 2.08 bits per heavy atom. The monoisotopic (exact) mass is 363 g/mol. The summed E-state index contributed by atoms with van der Waals surface area (Å²) >= 11 is 1.27. The van der Waals surface area contributed by atoms with Crippen LogP contribution in [-0.2, 0) is 0 Å². The number of hydrogen-bond acceptors (Lipinski definition) is 7. The molecule has 1 aromatic carbocycles. The van der Waals surface area contributed by atoms with Gasteiger partial charge in [-0.25, -0.2) is 4.98 Å². The van der Waals surface area contributed by atoms with Gasteiger partial charge in [-0.15, -0.1) is 10.2 Å². The lowest BCUT2D eigenvalue weighted by Crippen LogP contribution is -2.13. The molecule has 1 aliphatic carbocycles. The van der Waals surface area contributed by atoms with Gasteiger partial charge in [0.1, 0.15) is 11.2 Å². The number of fused-ring (bicyclic) bond motifs is 1. The third-order valence-electron chi connectivity index (χ3n) is 4.33. The molecule has 26 heavy (non-hydrogen) atoms. The average Bonchev–Trinajstić information content (AvgIpc) is 3.23. The molecule has 8 heteroatoms. The number of benzene rings is 1. The first-order valence-corrected chi connectivity index (χ1v) is 9.11. The van der Waals surface area contributed by atoms with E-state index in [2.05, 4.69) is 25.7 Å². The highest BCUT2D eigenvalue weighted by atomic mass is 32.1. The molecule has 1 fully saturated rings. The van der Waals surface area contributed by atoms with Crippen LogP contribution < -0.4 is 5.32 Å². The molecule has 1 aliphatic rings. The predicted octanol–water partition coefficient (Wildman–Crippen LogP) is 3.87. The molecule has 7 nitrogen and oxygen atoms in total. The van der Waals surface area contributed by atoms with Crippen molar-refractivity contribution in [3.63, 3.8) is 0 Å². The molecule has 1 amide bonds. The van der Waals surface area contributed by atoms with Gasteiger partial charge >= 0.3 is 0 Å². The van der Waals surface area contributed by atoms with E-state index in [1.165, 1.54) is 11.3 Å². The van der Waals surface area contributed by atoms with E-state index >= 15 is 0 Å². The molecule has 4 aromatic rings. The first kappa shape index (κ1) is 15.2. The topological polar surface area (TPSA) is 93.8 Å². The second-order valence-corrected chi connectivity index (χ2v) is 6.98. The number of rotatable bonds is 4. The minimum atomic E-state index is -0.267. The van der Waals surface area contributed by atoms with Crippen LogP contribution in [0.1, 0.15) is 34.8 Å². The van der Waals surface area contributed by atoms with E-state index in [4.69, 9.17) is 4.52 Å². The number of amides is 1. The van der Waals surface area contributed by atoms with Crippen molar-refractivity contribution in [2.24, 2.45) is 0 Å². The van der Waals surface area contributed by atoms with Gasteiger partial charge in [-0.2, -0.15) is 0 Å². The highest BCUT2D eigenvalue weighted by Crippen LogP contribution is 2.41. The summed E-state index contributed by atoms with van der Waals surface area (Å²) in [6.45, 7) is 0. The minimum Gasteiger partial charge on any atom is -0.335 e. The summed E-state index contributed by atoms with van der Waals surface area (Å²) in [5, 5.41) is 15.7. The van der Waals surface area contributed by atoms with Gasteiger partial charge < -0.3 is 4.52 Å². The maximum Gasteiger partial charge on any atom is 0.259 e. The van der Waals surface area contributed by atoms with Crippen molar-refractivity contribution in [2.45, 2.75) is 18.8 Å². The maximum absolute atomic E-state index is 12.9. The highest BCUT2D eigenvalue weighted by molar-refractivity contribution is 7.13. The molecule has 0 bridgehead atoms. The van der Waals surface area contributed by atoms with Crippen molar-refractivity contribution in [1.82, 2.24) is 20.3 Å². The molecule has 0 atom stereocenters. The largest absolute Gasteiger partial charge is 0.335 e. The first-order valence-electron chi connectivity index (χ1n) is 8.23. The molecule has 0 saturated heterocycles. The summed E-state index contributed by atoms with van der Waals surface area (Å²) in [5.74, 6) is 0.120. The Labute approximate surface area is 152 Å². The zero-order valence-electron chi connectivity index (χ0n) is 13.5. The van der Waals surface area contributed by atoms with E-state index < -0.39 is 0 Å². The summed E-state index contributed by atoms with van der Waals surface area (Å²) in [7, 11) is 0. The Morgan fingerprint density at radius 3 is 2.81 bits per heavy atom. The fourth-order valence-electron chi connectivity index (χ4n) is 2.92. The molecule has 3 aromatic heterocycles. The summed E-state index contributed by atoms with van der Waals surface area (Å²) < 4.78 is 5.48. The van der Waals surface area contributed by atoms with Gasteiger partial charge in [-0.3, -0.25) is 10.1 Å². The Kier molecular flexibility index (Phi) is 3.49. The van der Waals surface area contributed by atoms with Crippen molar-refractivity contribution in [3.8, 4) is 11.3 Å². The third kappa shape index (κ3) is 2.64. The number of nitrogens with one attached hydrogen (secondary N) is 1. The molecule has 0 unspecified atom stereocenters. The molecule has 0 spiro atoms. The van der Waals surface area contributed by atoms with Crippen molar-refractivity contribution in [2.75, 3.05) is 5.32 Å². The highest BCUT2D eigenvalue weighted by Gasteiger charge is 2.29. The lowest BCUT2D eigenvalue weighted by Gasteiger charge is -2.06. The average molecular weight is 363 g/mol. The van der Waals surface area contributed by atoms with Gasteiger partial charge in [-0.05, 0) is 18.9 Å². The van der Waals surface area contributed by atoms with Crippen LogP contribution in [0.2, 0.25) is 0 Å². The van der Waals surface area contributed by atoms with Crippen LogP contribution in [0.15, 0.2) is 46.4 Å². The zero-order valence-corrected chi connectivity index (χ0v) is 14.4. The van der Waals surface area contributed by atoms with E-state index in [9.17, 15) is 4.79 Å². The van der Waals surface area contributed by atoms with Gasteiger partial charge in [0.15, 0.2) is 0 Å². The second-order valence-electron chi connectivity index (χ2n) is 6.14. The predicted molar refractivity (Wildman–Crippen MR) is 97.1 cm³/mol. The van der Waals surface area contributed by atoms with Gasteiger partial charge in [0.25, 0.3) is 11.6 Å². The number of aromatic nitrogens is 4. The summed E-state index contributed by atoms with van der Waals surface area (Å²) in [5.41, 5.74) is 4.80. The van der Waals surface area contributed by atoms with Crippen LogP contribution in [0.5, 0.6) is 0 Å². The molecule has 1 N–H and O–H groups in total. The number of nitrogens with zero attached hydrogens (tertiary/aromatic N) is 4. The smallest absolute Gasteiger partial charge is 0.259 e.